The molecule has 1 aromatic heterocycles. The molecule has 0 saturated carbocycles. The highest BCUT2D eigenvalue weighted by Crippen LogP contribution is 2.18. The highest BCUT2D eigenvalue weighted by atomic mass is 19.1. The Morgan fingerprint density at radius 1 is 1.17 bits per heavy atom. The second kappa shape index (κ2) is 6.87. The number of H-pyrrole nitrogens is 1. The van der Waals surface area contributed by atoms with Gasteiger partial charge in [-0.15, -0.1) is 0 Å². The third-order valence-corrected chi connectivity index (χ3v) is 3.12. The van der Waals surface area contributed by atoms with Gasteiger partial charge in [0.25, 0.3) is 0 Å². The van der Waals surface area contributed by atoms with Crippen molar-refractivity contribution in [3.8, 4) is 5.75 Å². The first-order valence-corrected chi connectivity index (χ1v) is 6.65. The molecule has 0 amide bonds. The third-order valence-electron chi connectivity index (χ3n) is 3.12. The number of hydrogen-bond donors (Lipinski definition) is 1. The molecule has 120 valence electrons. The molecule has 2 rings (SSSR count). The van der Waals surface area contributed by atoms with Gasteiger partial charge >= 0.3 is 5.97 Å². The molecule has 0 aliphatic heterocycles. The van der Waals surface area contributed by atoms with Crippen molar-refractivity contribution >= 4 is 17.5 Å². The van der Waals surface area contributed by atoms with Crippen LogP contribution in [0.4, 0.5) is 4.39 Å². The number of methoxy groups -OCH3 is 1. The lowest BCUT2D eigenvalue weighted by Crippen LogP contribution is -2.14. The van der Waals surface area contributed by atoms with Crippen molar-refractivity contribution in [3.05, 3.63) is 53.1 Å². The van der Waals surface area contributed by atoms with E-state index < -0.39 is 24.2 Å². The number of ether oxygens (including phenoxy) is 2. The summed E-state index contributed by atoms with van der Waals surface area (Å²) in [4.78, 5) is 37.4. The summed E-state index contributed by atoms with van der Waals surface area (Å²) in [5.74, 6) is -2.20. The predicted molar refractivity (Wildman–Crippen MR) is 78.4 cm³/mol. The molecule has 0 atom stereocenters. The molecule has 1 N–H and O–H groups in total. The molecule has 0 radical (unpaired) electrons. The molecular weight excluding hydrogens is 305 g/mol. The fraction of sp³-hybridized carbons (Fsp3) is 0.188. The van der Waals surface area contributed by atoms with Crippen molar-refractivity contribution in [3.63, 3.8) is 0 Å². The van der Waals surface area contributed by atoms with Crippen LogP contribution in [-0.4, -0.2) is 36.2 Å². The Hall–Kier alpha value is -2.96. The fourth-order valence-corrected chi connectivity index (χ4v) is 1.85. The molecule has 0 saturated heterocycles. The zero-order chi connectivity index (χ0) is 17.0. The lowest BCUT2D eigenvalue weighted by Gasteiger charge is -2.05. The van der Waals surface area contributed by atoms with Crippen molar-refractivity contribution in [2.45, 2.75) is 6.92 Å². The molecule has 2 aromatic rings. The first-order valence-electron chi connectivity index (χ1n) is 6.65. The lowest BCUT2D eigenvalue weighted by molar-refractivity contribution is 0.0469. The third kappa shape index (κ3) is 3.82. The van der Waals surface area contributed by atoms with E-state index in [1.54, 1.807) is 0 Å². The number of nitrogens with one attached hydrogen (secondary N) is 1. The first kappa shape index (κ1) is 16.4. The summed E-state index contributed by atoms with van der Waals surface area (Å²) in [6.07, 6.45) is 1.37. The minimum absolute atomic E-state index is 0.0155. The second-order valence-corrected chi connectivity index (χ2v) is 4.71. The summed E-state index contributed by atoms with van der Waals surface area (Å²) in [6.45, 7) is 0.819. The number of hydrogen-bond acceptors (Lipinski definition) is 5. The van der Waals surface area contributed by atoms with E-state index in [-0.39, 0.29) is 22.8 Å². The molecule has 0 bridgehead atoms. The highest BCUT2D eigenvalue weighted by molar-refractivity contribution is 6.00. The molecule has 7 heteroatoms. The van der Waals surface area contributed by atoms with Crippen LogP contribution in [0.1, 0.15) is 38.1 Å². The van der Waals surface area contributed by atoms with Gasteiger partial charge in [0.15, 0.2) is 29.7 Å². The predicted octanol–water partition coefficient (Wildman–Crippen LogP) is 2.40. The zero-order valence-corrected chi connectivity index (χ0v) is 12.5. The molecular formula is C16H14FNO5. The number of carbonyl (C=O) groups is 3. The first-order chi connectivity index (χ1) is 10.9. The van der Waals surface area contributed by atoms with Crippen LogP contribution in [0.15, 0.2) is 30.5 Å². The number of Topliss-reactive ketones (excluding diaryl/α,β-unsaturated/α-hetero) is 2. The number of benzene rings is 1. The highest BCUT2D eigenvalue weighted by Gasteiger charge is 2.16. The molecule has 0 fully saturated rings. The average molecular weight is 319 g/mol. The Balaban J connectivity index is 1.99. The largest absolute Gasteiger partial charge is 0.494 e. The standard InChI is InChI=1S/C16H14FNO5/c1-9(19)11-6-13(18-7-11)16(21)23-8-14(20)10-3-4-15(22-2)12(17)5-10/h3-7,18H,8H2,1-2H3. The van der Waals surface area contributed by atoms with Gasteiger partial charge in [0, 0.05) is 17.3 Å². The molecule has 0 spiro atoms. The molecule has 0 unspecified atom stereocenters. The van der Waals surface area contributed by atoms with Crippen LogP contribution in [0.5, 0.6) is 5.75 Å². The minimum Gasteiger partial charge on any atom is -0.494 e. The topological polar surface area (TPSA) is 85.5 Å². The van der Waals surface area contributed by atoms with E-state index >= 15 is 0 Å². The zero-order valence-electron chi connectivity index (χ0n) is 12.5. The summed E-state index contributed by atoms with van der Waals surface area (Å²) in [6, 6.07) is 5.04. The van der Waals surface area contributed by atoms with E-state index in [0.29, 0.717) is 5.56 Å². The Labute approximate surface area is 131 Å². The summed E-state index contributed by atoms with van der Waals surface area (Å²) < 4.78 is 23.1. The number of ketones is 2. The number of halogens is 1. The van der Waals surface area contributed by atoms with Crippen molar-refractivity contribution in [2.24, 2.45) is 0 Å². The molecule has 6 nitrogen and oxygen atoms in total. The van der Waals surface area contributed by atoms with Gasteiger partial charge in [-0.1, -0.05) is 0 Å². The van der Waals surface area contributed by atoms with Gasteiger partial charge in [-0.05, 0) is 31.2 Å². The SMILES string of the molecule is COc1ccc(C(=O)COC(=O)c2cc(C(C)=O)c[nH]2)cc1F. The van der Waals surface area contributed by atoms with Crippen LogP contribution in [-0.2, 0) is 4.74 Å². The maximum Gasteiger partial charge on any atom is 0.355 e. The van der Waals surface area contributed by atoms with Gasteiger partial charge < -0.3 is 14.5 Å². The van der Waals surface area contributed by atoms with Crippen LogP contribution in [0, 0.1) is 5.82 Å². The van der Waals surface area contributed by atoms with E-state index in [1.807, 2.05) is 0 Å². The minimum atomic E-state index is -0.778. The number of rotatable bonds is 6. The van der Waals surface area contributed by atoms with Gasteiger partial charge in [-0.2, -0.15) is 0 Å². The van der Waals surface area contributed by atoms with Gasteiger partial charge in [-0.3, -0.25) is 9.59 Å². The maximum atomic E-state index is 13.5. The van der Waals surface area contributed by atoms with Crippen LogP contribution < -0.4 is 4.74 Å². The Morgan fingerprint density at radius 2 is 1.91 bits per heavy atom. The van der Waals surface area contributed by atoms with Crippen LogP contribution in [0.2, 0.25) is 0 Å². The van der Waals surface area contributed by atoms with Gasteiger partial charge in [0.05, 0.1) is 7.11 Å². The fourth-order valence-electron chi connectivity index (χ4n) is 1.85. The Bertz CT molecular complexity index is 766. The van der Waals surface area contributed by atoms with E-state index in [1.165, 1.54) is 38.4 Å². The quantitative estimate of drug-likeness (QED) is 0.653. The molecule has 23 heavy (non-hydrogen) atoms. The van der Waals surface area contributed by atoms with E-state index in [9.17, 15) is 18.8 Å². The van der Waals surface area contributed by atoms with Crippen molar-refractivity contribution in [1.82, 2.24) is 4.98 Å². The van der Waals surface area contributed by atoms with E-state index in [4.69, 9.17) is 9.47 Å². The average Bonchev–Trinajstić information content (AvgIpc) is 3.02. The van der Waals surface area contributed by atoms with Crippen molar-refractivity contribution in [2.75, 3.05) is 13.7 Å². The van der Waals surface area contributed by atoms with Crippen LogP contribution >= 0.6 is 0 Å². The summed E-state index contributed by atoms with van der Waals surface area (Å²) in [7, 11) is 1.31. The smallest absolute Gasteiger partial charge is 0.355 e. The van der Waals surface area contributed by atoms with E-state index in [2.05, 4.69) is 4.98 Å². The number of aromatic amines is 1. The Morgan fingerprint density at radius 3 is 2.48 bits per heavy atom. The lowest BCUT2D eigenvalue weighted by atomic mass is 10.1. The van der Waals surface area contributed by atoms with Crippen LogP contribution in [0.3, 0.4) is 0 Å². The Kier molecular flexibility index (Phi) is 4.90. The van der Waals surface area contributed by atoms with Gasteiger partial charge in [0.1, 0.15) is 5.69 Å². The summed E-state index contributed by atoms with van der Waals surface area (Å²) >= 11 is 0. The summed E-state index contributed by atoms with van der Waals surface area (Å²) in [5, 5.41) is 0. The molecule has 0 aliphatic rings. The van der Waals surface area contributed by atoms with Crippen LogP contribution in [0.25, 0.3) is 0 Å². The number of carbonyl (C=O) groups excluding carboxylic acids is 3. The summed E-state index contributed by atoms with van der Waals surface area (Å²) in [5.41, 5.74) is 0.455. The molecule has 0 aliphatic carbocycles. The van der Waals surface area contributed by atoms with Crippen molar-refractivity contribution in [1.29, 1.82) is 0 Å². The van der Waals surface area contributed by atoms with Gasteiger partial charge in [0.2, 0.25) is 0 Å². The van der Waals surface area contributed by atoms with Crippen molar-refractivity contribution < 1.29 is 28.2 Å². The normalized spacial score (nSPS) is 10.2. The maximum absolute atomic E-state index is 13.5. The van der Waals surface area contributed by atoms with Gasteiger partial charge in [-0.25, -0.2) is 9.18 Å². The number of esters is 1. The van der Waals surface area contributed by atoms with E-state index in [0.717, 1.165) is 6.07 Å². The molecule has 1 aromatic carbocycles. The monoisotopic (exact) mass is 319 g/mol. The second-order valence-electron chi connectivity index (χ2n) is 4.71. The number of aromatic nitrogens is 1. The molecule has 1 heterocycles.